The van der Waals surface area contributed by atoms with Crippen LogP contribution in [0.15, 0.2) is 54.6 Å². The summed E-state index contributed by atoms with van der Waals surface area (Å²) in [5.41, 5.74) is 12.4. The fraction of sp³-hybridized carbons (Fsp3) is 0.477. The van der Waals surface area contributed by atoms with Gasteiger partial charge in [0, 0.05) is 18.8 Å². The lowest BCUT2D eigenvalue weighted by Crippen LogP contribution is -2.51. The van der Waals surface area contributed by atoms with Gasteiger partial charge >= 0.3 is 6.09 Å². The Morgan fingerprint density at radius 2 is 1.32 bits per heavy atom. The number of aromatic nitrogens is 4. The number of methoxy groups -OCH3 is 1. The molecule has 3 aromatic carbocycles. The summed E-state index contributed by atoms with van der Waals surface area (Å²) in [5.74, 6) is 0.664. The first-order valence-electron chi connectivity index (χ1n) is 20.8. The van der Waals surface area contributed by atoms with Crippen LogP contribution >= 0.6 is 11.6 Å². The van der Waals surface area contributed by atoms with Crippen LogP contribution in [0.3, 0.4) is 0 Å². The maximum absolute atomic E-state index is 15.2. The van der Waals surface area contributed by atoms with Gasteiger partial charge in [-0.2, -0.15) is 0 Å². The van der Waals surface area contributed by atoms with Crippen LogP contribution in [0.2, 0.25) is 5.02 Å². The Hall–Kier alpha value is -5.21. The normalized spacial score (nSPS) is 22.0. The molecule has 13 nitrogen and oxygen atoms in total. The number of likely N-dealkylation sites (tertiary alicyclic amines) is 2. The van der Waals surface area contributed by atoms with E-state index >= 15 is 4.39 Å². The van der Waals surface area contributed by atoms with Gasteiger partial charge in [0.1, 0.15) is 23.5 Å². The van der Waals surface area contributed by atoms with Crippen molar-refractivity contribution in [3.05, 3.63) is 88.2 Å². The topological polar surface area (TPSA) is 166 Å². The molecule has 3 aliphatic rings. The van der Waals surface area contributed by atoms with E-state index in [1.54, 1.807) is 6.07 Å². The Bertz CT molecular complexity index is 2380. The first-order valence-corrected chi connectivity index (χ1v) is 21.1. The number of ether oxygens (including phenoxy) is 1. The Morgan fingerprint density at radius 1 is 0.780 bits per heavy atom. The van der Waals surface area contributed by atoms with E-state index < -0.39 is 24.0 Å². The zero-order valence-electron chi connectivity index (χ0n) is 34.2. The van der Waals surface area contributed by atoms with Gasteiger partial charge in [-0.3, -0.25) is 9.59 Å². The second-order valence-corrected chi connectivity index (χ2v) is 17.3. The molecule has 5 N–H and O–H groups in total. The average molecular weight is 826 g/mol. The van der Waals surface area contributed by atoms with Crippen molar-refractivity contribution in [2.45, 2.75) is 102 Å². The summed E-state index contributed by atoms with van der Waals surface area (Å²) in [6.45, 7) is 8.93. The van der Waals surface area contributed by atoms with E-state index in [1.165, 1.54) is 13.2 Å². The minimum atomic E-state index is -0.726. The van der Waals surface area contributed by atoms with Gasteiger partial charge in [-0.1, -0.05) is 51.4 Å². The van der Waals surface area contributed by atoms with E-state index in [-0.39, 0.29) is 52.8 Å². The van der Waals surface area contributed by atoms with Gasteiger partial charge in [-0.15, -0.1) is 0 Å². The van der Waals surface area contributed by atoms with Crippen molar-refractivity contribution < 1.29 is 23.5 Å². The molecule has 8 rings (SSSR count). The monoisotopic (exact) mass is 825 g/mol. The molecule has 0 bridgehead atoms. The third-order valence-electron chi connectivity index (χ3n) is 12.5. The maximum Gasteiger partial charge on any atom is 0.407 e. The molecule has 0 aliphatic carbocycles. The van der Waals surface area contributed by atoms with Crippen LogP contribution in [0.1, 0.15) is 113 Å². The van der Waals surface area contributed by atoms with Crippen molar-refractivity contribution in [2.24, 2.45) is 17.6 Å². The molecule has 5 aromatic rings. The average Bonchev–Trinajstić information content (AvgIpc) is 4.07. The van der Waals surface area contributed by atoms with Gasteiger partial charge in [0.25, 0.3) is 0 Å². The summed E-state index contributed by atoms with van der Waals surface area (Å²) in [4.78, 5) is 62.1. The number of H-pyrrole nitrogens is 2. The van der Waals surface area contributed by atoms with E-state index in [4.69, 9.17) is 32.0 Å². The maximum atomic E-state index is 15.2. The lowest BCUT2D eigenvalue weighted by Gasteiger charge is -2.33. The number of hydrogen-bond acceptors (Lipinski definition) is 8. The Morgan fingerprint density at radius 3 is 1.81 bits per heavy atom. The van der Waals surface area contributed by atoms with Gasteiger partial charge in [-0.25, -0.2) is 19.2 Å². The fourth-order valence-corrected chi connectivity index (χ4v) is 9.40. The van der Waals surface area contributed by atoms with E-state index in [2.05, 4.69) is 44.5 Å². The molecular formula is C44H53ClFN9O4. The van der Waals surface area contributed by atoms with Crippen LogP contribution in [0.4, 0.5) is 14.9 Å². The molecule has 0 spiro atoms. The van der Waals surface area contributed by atoms with Gasteiger partial charge in [0.2, 0.25) is 11.8 Å². The molecule has 312 valence electrons. The number of alkyl carbamates (subject to hydrolysis) is 1. The lowest BCUT2D eigenvalue weighted by atomic mass is 10.0. The summed E-state index contributed by atoms with van der Waals surface area (Å²) in [6.07, 6.45) is 4.23. The van der Waals surface area contributed by atoms with Crippen molar-refractivity contribution >= 4 is 57.3 Å². The Kier molecular flexibility index (Phi) is 11.3. The number of aromatic amines is 2. The predicted molar refractivity (Wildman–Crippen MR) is 225 cm³/mol. The molecule has 3 fully saturated rings. The van der Waals surface area contributed by atoms with Gasteiger partial charge in [0.15, 0.2) is 0 Å². The van der Waals surface area contributed by atoms with Crippen molar-refractivity contribution in [3.8, 4) is 0 Å². The molecule has 3 aliphatic heterocycles. The third kappa shape index (κ3) is 7.72. The molecule has 59 heavy (non-hydrogen) atoms. The molecule has 0 unspecified atom stereocenters. The summed E-state index contributed by atoms with van der Waals surface area (Å²) in [6, 6.07) is 15.5. The minimum Gasteiger partial charge on any atom is -0.453 e. The molecule has 6 atom stereocenters. The number of nitrogens with one attached hydrogen (secondary N) is 3. The molecule has 0 saturated carbocycles. The highest BCUT2D eigenvalue weighted by atomic mass is 35.5. The third-order valence-corrected chi connectivity index (χ3v) is 12.8. The first-order chi connectivity index (χ1) is 28.3. The summed E-state index contributed by atoms with van der Waals surface area (Å²) in [5, 5.41) is 2.78. The van der Waals surface area contributed by atoms with Crippen LogP contribution in [0.5, 0.6) is 0 Å². The van der Waals surface area contributed by atoms with Crippen LogP contribution in [-0.4, -0.2) is 79.9 Å². The molecule has 3 saturated heterocycles. The highest BCUT2D eigenvalue weighted by Crippen LogP contribution is 2.48. The van der Waals surface area contributed by atoms with Gasteiger partial charge in [-0.05, 0) is 104 Å². The minimum absolute atomic E-state index is 0.0372. The number of nitrogens with two attached hydrogens (primary N) is 1. The van der Waals surface area contributed by atoms with Crippen molar-refractivity contribution in [3.63, 3.8) is 0 Å². The zero-order chi connectivity index (χ0) is 41.7. The molecule has 2 aromatic heterocycles. The number of rotatable bonds is 10. The molecule has 3 amide bonds. The highest BCUT2D eigenvalue weighted by molar-refractivity contribution is 6.30. The zero-order valence-corrected chi connectivity index (χ0v) is 34.9. The van der Waals surface area contributed by atoms with E-state index in [1.807, 2.05) is 55.7 Å². The molecule has 15 heteroatoms. The van der Waals surface area contributed by atoms with Crippen molar-refractivity contribution in [1.29, 1.82) is 0 Å². The number of amides is 3. The van der Waals surface area contributed by atoms with Crippen LogP contribution in [0, 0.1) is 17.7 Å². The SMILES string of the molecule is COC(=O)N[C@H](C(=O)N1CCC[C@H]1c1nc2ccc([C@H]3CC[C@H](c4ccc5nc([C@@H]6CCCN6C(=O)[C@@H](N)C(C)C)[nH]c5c4)N3c3ccc(Cl)c(F)c3)cc2[nH]1)C(C)C. The van der Waals surface area contributed by atoms with Crippen molar-refractivity contribution in [2.75, 3.05) is 25.1 Å². The van der Waals surface area contributed by atoms with Gasteiger partial charge in [0.05, 0.1) is 64.4 Å². The highest BCUT2D eigenvalue weighted by Gasteiger charge is 2.40. The quantitative estimate of drug-likeness (QED) is 0.110. The first kappa shape index (κ1) is 40.6. The smallest absolute Gasteiger partial charge is 0.407 e. The molecule has 5 heterocycles. The fourth-order valence-electron chi connectivity index (χ4n) is 9.28. The number of carbonyl (C=O) groups is 3. The van der Waals surface area contributed by atoms with E-state index in [0.29, 0.717) is 18.9 Å². The summed E-state index contributed by atoms with van der Waals surface area (Å²) >= 11 is 6.19. The van der Waals surface area contributed by atoms with E-state index in [0.717, 1.165) is 83.2 Å². The largest absolute Gasteiger partial charge is 0.453 e. The number of imidazole rings is 2. The van der Waals surface area contributed by atoms with Gasteiger partial charge < -0.3 is 40.5 Å². The summed E-state index contributed by atoms with van der Waals surface area (Å²) < 4.78 is 20.0. The predicted octanol–water partition coefficient (Wildman–Crippen LogP) is 8.01. The number of hydrogen-bond donors (Lipinski definition) is 4. The number of fused-ring (bicyclic) bond motifs is 2. The van der Waals surface area contributed by atoms with E-state index in [9.17, 15) is 14.4 Å². The number of nitrogens with zero attached hydrogens (tertiary/aromatic N) is 5. The molecule has 0 radical (unpaired) electrons. The van der Waals surface area contributed by atoms with Crippen molar-refractivity contribution in [1.82, 2.24) is 35.1 Å². The second-order valence-electron chi connectivity index (χ2n) is 16.9. The summed E-state index contributed by atoms with van der Waals surface area (Å²) in [7, 11) is 1.29. The number of carbonyl (C=O) groups excluding carboxylic acids is 3. The lowest BCUT2D eigenvalue weighted by molar-refractivity contribution is -0.136. The second kappa shape index (κ2) is 16.4. The van der Waals surface area contributed by atoms with Crippen LogP contribution in [0.25, 0.3) is 22.1 Å². The Labute approximate surface area is 348 Å². The molecular weight excluding hydrogens is 773 g/mol. The van der Waals surface area contributed by atoms with Crippen LogP contribution in [-0.2, 0) is 14.3 Å². The number of anilines is 1. The van der Waals surface area contributed by atoms with Crippen LogP contribution < -0.4 is 16.0 Å². The number of benzene rings is 3. The number of halogens is 2. The standard InChI is InChI=1S/C44H53ClFN9O4/c1-23(2)38(47)42(56)53-18-6-8-36(53)40-48-30-14-10-25(20-32(30)50-40)34-16-17-35(55(34)27-12-13-28(45)29(46)22-27)26-11-15-31-33(21-26)51-41(49-31)37-9-7-19-54(37)43(57)39(24(3)4)52-44(58)59-5/h10-15,20-24,34-39H,6-9,16-19,47H2,1-5H3,(H,48,50)(H,49,51)(H,52,58)/t34-,35-,36+,37+,38+,39+/m1/s1. The Balaban J connectivity index is 1.09.